The molecule has 4 nitrogen and oxygen atoms in total. The Morgan fingerprint density at radius 3 is 2.71 bits per heavy atom. The minimum Gasteiger partial charge on any atom is -0.506 e. The van der Waals surface area contributed by atoms with Crippen LogP contribution >= 0.6 is 0 Å². The molecule has 0 radical (unpaired) electrons. The number of phenols is 1. The molecule has 1 aromatic rings. The zero-order valence-electron chi connectivity index (χ0n) is 7.90. The number of nitrogens with one attached hydrogen (secondary N) is 1. The molecule has 0 unspecified atom stereocenters. The Morgan fingerprint density at radius 2 is 2.14 bits per heavy atom. The quantitative estimate of drug-likeness (QED) is 0.639. The Bertz CT molecular complexity index is 325. The number of anilines is 1. The second-order valence-electron chi connectivity index (χ2n) is 3.16. The van der Waals surface area contributed by atoms with Gasteiger partial charge < -0.3 is 15.5 Å². The van der Waals surface area contributed by atoms with Crippen LogP contribution in [0.25, 0.3) is 0 Å². The van der Waals surface area contributed by atoms with Gasteiger partial charge in [-0.15, -0.1) is 0 Å². The van der Waals surface area contributed by atoms with Gasteiger partial charge in [-0.05, 0) is 19.1 Å². The fourth-order valence-corrected chi connectivity index (χ4v) is 1.17. The number of benzene rings is 1. The fourth-order valence-electron chi connectivity index (χ4n) is 1.17. The summed E-state index contributed by atoms with van der Waals surface area (Å²) in [5.41, 5.74) is 0.557. The van der Waals surface area contributed by atoms with E-state index in [0.717, 1.165) is 0 Å². The highest BCUT2D eigenvalue weighted by molar-refractivity contribution is 5.68. The maximum Gasteiger partial charge on any atom is 0.305 e. The number of hydrogen-bond acceptors (Lipinski definition) is 3. The summed E-state index contributed by atoms with van der Waals surface area (Å²) in [6.45, 7) is 1.75. The van der Waals surface area contributed by atoms with Crippen molar-refractivity contribution < 1.29 is 15.0 Å². The Kier molecular flexibility index (Phi) is 3.34. The van der Waals surface area contributed by atoms with E-state index in [-0.39, 0.29) is 18.2 Å². The molecule has 4 heteroatoms. The monoisotopic (exact) mass is 195 g/mol. The lowest BCUT2D eigenvalue weighted by atomic mass is 10.2. The average molecular weight is 195 g/mol. The molecule has 0 aliphatic carbocycles. The van der Waals surface area contributed by atoms with Crippen molar-refractivity contribution in [2.75, 3.05) is 5.32 Å². The predicted octanol–water partition coefficient (Wildman–Crippen LogP) is 1.67. The lowest BCUT2D eigenvalue weighted by Crippen LogP contribution is -2.19. The number of para-hydroxylation sites is 2. The van der Waals surface area contributed by atoms with E-state index in [1.54, 1.807) is 31.2 Å². The maximum atomic E-state index is 10.4. The van der Waals surface area contributed by atoms with Crippen molar-refractivity contribution in [3.63, 3.8) is 0 Å². The van der Waals surface area contributed by atoms with Gasteiger partial charge in [-0.2, -0.15) is 0 Å². The zero-order valence-corrected chi connectivity index (χ0v) is 7.90. The molecule has 0 aromatic heterocycles. The van der Waals surface area contributed by atoms with E-state index >= 15 is 0 Å². The fraction of sp³-hybridized carbons (Fsp3) is 0.300. The first-order valence-corrected chi connectivity index (χ1v) is 4.36. The third kappa shape index (κ3) is 2.97. The third-order valence-corrected chi connectivity index (χ3v) is 1.79. The van der Waals surface area contributed by atoms with Gasteiger partial charge in [-0.1, -0.05) is 12.1 Å². The number of carboxylic acid groups (broad SMARTS) is 1. The number of carbonyl (C=O) groups is 1. The Balaban J connectivity index is 2.60. The molecule has 0 aliphatic rings. The molecule has 0 saturated heterocycles. The number of hydrogen-bond donors (Lipinski definition) is 3. The van der Waals surface area contributed by atoms with Crippen molar-refractivity contribution in [2.45, 2.75) is 19.4 Å². The van der Waals surface area contributed by atoms with Gasteiger partial charge in [-0.3, -0.25) is 4.79 Å². The van der Waals surface area contributed by atoms with Gasteiger partial charge in [0, 0.05) is 6.04 Å². The van der Waals surface area contributed by atoms with Crippen LogP contribution in [0.2, 0.25) is 0 Å². The molecule has 1 rings (SSSR count). The van der Waals surface area contributed by atoms with Crippen LogP contribution in [-0.2, 0) is 4.79 Å². The molecule has 0 spiro atoms. The highest BCUT2D eigenvalue weighted by Crippen LogP contribution is 2.22. The Morgan fingerprint density at radius 1 is 1.50 bits per heavy atom. The van der Waals surface area contributed by atoms with Gasteiger partial charge in [0.2, 0.25) is 0 Å². The van der Waals surface area contributed by atoms with E-state index in [4.69, 9.17) is 5.11 Å². The van der Waals surface area contributed by atoms with Crippen LogP contribution in [0.15, 0.2) is 24.3 Å². The predicted molar refractivity (Wildman–Crippen MR) is 53.4 cm³/mol. The summed E-state index contributed by atoms with van der Waals surface area (Å²) < 4.78 is 0. The number of rotatable bonds is 4. The van der Waals surface area contributed by atoms with Crippen LogP contribution in [0.5, 0.6) is 5.75 Å². The molecule has 0 amide bonds. The van der Waals surface area contributed by atoms with E-state index in [2.05, 4.69) is 5.32 Å². The minimum atomic E-state index is -0.861. The van der Waals surface area contributed by atoms with Crippen LogP contribution in [-0.4, -0.2) is 22.2 Å². The molecule has 0 heterocycles. The molecular weight excluding hydrogens is 182 g/mol. The second-order valence-corrected chi connectivity index (χ2v) is 3.16. The number of aliphatic carboxylic acids is 1. The first-order chi connectivity index (χ1) is 6.59. The minimum absolute atomic E-state index is 0.0222. The molecule has 0 fully saturated rings. The smallest absolute Gasteiger partial charge is 0.305 e. The first kappa shape index (κ1) is 10.4. The lowest BCUT2D eigenvalue weighted by molar-refractivity contribution is -0.137. The van der Waals surface area contributed by atoms with Crippen LogP contribution in [0.1, 0.15) is 13.3 Å². The van der Waals surface area contributed by atoms with Crippen molar-refractivity contribution in [1.29, 1.82) is 0 Å². The van der Waals surface area contributed by atoms with E-state index < -0.39 is 5.97 Å². The van der Waals surface area contributed by atoms with Crippen molar-refractivity contribution in [3.8, 4) is 5.75 Å². The Hall–Kier alpha value is -1.71. The summed E-state index contributed by atoms with van der Waals surface area (Å²) in [6, 6.07) is 6.53. The van der Waals surface area contributed by atoms with E-state index in [9.17, 15) is 9.90 Å². The van der Waals surface area contributed by atoms with Crippen molar-refractivity contribution in [3.05, 3.63) is 24.3 Å². The standard InChI is InChI=1S/C10H13NO3/c1-7(6-10(13)14)11-8-4-2-3-5-9(8)12/h2-5,7,11-12H,6H2,1H3,(H,13,14)/t7-/m0/s1. The van der Waals surface area contributed by atoms with Crippen LogP contribution < -0.4 is 5.32 Å². The molecule has 3 N–H and O–H groups in total. The van der Waals surface area contributed by atoms with E-state index in [1.807, 2.05) is 0 Å². The van der Waals surface area contributed by atoms with E-state index in [0.29, 0.717) is 5.69 Å². The maximum absolute atomic E-state index is 10.4. The van der Waals surface area contributed by atoms with Crippen LogP contribution in [0, 0.1) is 0 Å². The summed E-state index contributed by atoms with van der Waals surface area (Å²) in [5.74, 6) is -0.731. The van der Waals surface area contributed by atoms with Crippen LogP contribution in [0.4, 0.5) is 5.69 Å². The third-order valence-electron chi connectivity index (χ3n) is 1.79. The molecule has 76 valence electrons. The highest BCUT2D eigenvalue weighted by atomic mass is 16.4. The summed E-state index contributed by atoms with van der Waals surface area (Å²) in [6.07, 6.45) is 0.0222. The summed E-state index contributed by atoms with van der Waals surface area (Å²) in [7, 11) is 0. The van der Waals surface area contributed by atoms with E-state index in [1.165, 1.54) is 0 Å². The molecule has 0 saturated carbocycles. The number of aromatic hydroxyl groups is 1. The lowest BCUT2D eigenvalue weighted by Gasteiger charge is -2.13. The molecule has 0 aliphatic heterocycles. The van der Waals surface area contributed by atoms with Gasteiger partial charge in [0.15, 0.2) is 0 Å². The van der Waals surface area contributed by atoms with Crippen molar-refractivity contribution >= 4 is 11.7 Å². The first-order valence-electron chi connectivity index (χ1n) is 4.36. The molecule has 1 aromatic carbocycles. The number of carboxylic acids is 1. The molecule has 0 bridgehead atoms. The van der Waals surface area contributed by atoms with Gasteiger partial charge in [-0.25, -0.2) is 0 Å². The molecule has 14 heavy (non-hydrogen) atoms. The zero-order chi connectivity index (χ0) is 10.6. The second kappa shape index (κ2) is 4.50. The van der Waals surface area contributed by atoms with Gasteiger partial charge in [0.1, 0.15) is 5.75 Å². The van der Waals surface area contributed by atoms with Crippen molar-refractivity contribution in [1.82, 2.24) is 0 Å². The van der Waals surface area contributed by atoms with Crippen molar-refractivity contribution in [2.24, 2.45) is 0 Å². The SMILES string of the molecule is C[C@@H](CC(=O)O)Nc1ccccc1O. The normalized spacial score (nSPS) is 12.1. The van der Waals surface area contributed by atoms with Crippen LogP contribution in [0.3, 0.4) is 0 Å². The Labute approximate surface area is 82.2 Å². The summed E-state index contributed by atoms with van der Waals surface area (Å²) in [4.78, 5) is 10.4. The highest BCUT2D eigenvalue weighted by Gasteiger charge is 2.08. The summed E-state index contributed by atoms with van der Waals surface area (Å²) in [5, 5.41) is 20.8. The van der Waals surface area contributed by atoms with Gasteiger partial charge in [0.05, 0.1) is 12.1 Å². The average Bonchev–Trinajstić information content (AvgIpc) is 2.07. The van der Waals surface area contributed by atoms with Gasteiger partial charge in [0.25, 0.3) is 0 Å². The topological polar surface area (TPSA) is 69.6 Å². The van der Waals surface area contributed by atoms with Gasteiger partial charge >= 0.3 is 5.97 Å². The number of phenolic OH excluding ortho intramolecular Hbond substituents is 1. The summed E-state index contributed by atoms with van der Waals surface area (Å²) >= 11 is 0. The molecular formula is C10H13NO3. The molecule has 1 atom stereocenters. The largest absolute Gasteiger partial charge is 0.506 e.